The molecule has 2 aliphatic rings. The highest BCUT2D eigenvalue weighted by molar-refractivity contribution is 5.47. The van der Waals surface area contributed by atoms with Crippen molar-refractivity contribution < 1.29 is 9.57 Å². The Morgan fingerprint density at radius 2 is 2.36 bits per heavy atom. The van der Waals surface area contributed by atoms with Crippen LogP contribution in [0.1, 0.15) is 0 Å². The molecule has 0 atom stereocenters. The minimum Gasteiger partial charge on any atom is -0.482 e. The van der Waals surface area contributed by atoms with Gasteiger partial charge in [0.1, 0.15) is 12.9 Å². The number of allylic oxidation sites excluding steroid dienone is 2. The number of nitrogens with zero attached hydrogens (tertiary/aromatic N) is 1. The van der Waals surface area contributed by atoms with E-state index in [-0.39, 0.29) is 0 Å². The Hall–Kier alpha value is -1.45. The molecule has 0 aromatic carbocycles. The van der Waals surface area contributed by atoms with Gasteiger partial charge in [-0.15, -0.1) is 0 Å². The first-order valence-electron chi connectivity index (χ1n) is 3.33. The van der Waals surface area contributed by atoms with Crippen molar-refractivity contribution in [2.75, 3.05) is 13.2 Å². The molecular formula is C7H10N2O2. The van der Waals surface area contributed by atoms with Crippen LogP contribution in [0.15, 0.2) is 29.6 Å². The molecule has 1 N–H and O–H groups in total. The lowest BCUT2D eigenvalue weighted by atomic mass is 10.6. The van der Waals surface area contributed by atoms with Gasteiger partial charge in [-0.3, -0.25) is 4.99 Å². The summed E-state index contributed by atoms with van der Waals surface area (Å²) in [6, 6.07) is 0. The first-order chi connectivity index (χ1) is 5.50. The van der Waals surface area contributed by atoms with Crippen molar-refractivity contribution in [3.63, 3.8) is 0 Å². The van der Waals surface area contributed by atoms with E-state index < -0.39 is 0 Å². The van der Waals surface area contributed by atoms with Gasteiger partial charge in [-0.2, -0.15) is 0 Å². The molecule has 2 rings (SSSR count). The molecule has 2 heterocycles. The van der Waals surface area contributed by atoms with E-state index in [4.69, 9.17) is 0 Å². The standard InChI is InChI=1S/C4H5NO.C3H5NO/c1-2-4-6-5-3-1;1-2-5-3-4-1/h1-5H;3H,1-2H2. The molecule has 0 radical (unpaired) electrons. The zero-order chi connectivity index (χ0) is 7.78. The summed E-state index contributed by atoms with van der Waals surface area (Å²) in [5.74, 6) is 0. The maximum Gasteiger partial charge on any atom is 0.169 e. The molecule has 0 aromatic heterocycles. The van der Waals surface area contributed by atoms with Crippen molar-refractivity contribution in [3.8, 4) is 0 Å². The molecule has 0 bridgehead atoms. The second-order valence-electron chi connectivity index (χ2n) is 1.81. The lowest BCUT2D eigenvalue weighted by Gasteiger charge is -1.97. The number of ether oxygens (including phenoxy) is 1. The fraction of sp³-hybridized carbons (Fsp3) is 0.286. The molecule has 60 valence electrons. The smallest absolute Gasteiger partial charge is 0.169 e. The highest BCUT2D eigenvalue weighted by Gasteiger charge is 1.84. The third-order valence-corrected chi connectivity index (χ3v) is 0.977. The third-order valence-electron chi connectivity index (χ3n) is 0.977. The molecule has 0 fully saturated rings. The Bertz CT molecular complexity index is 157. The van der Waals surface area contributed by atoms with Crippen LogP contribution in [0.5, 0.6) is 0 Å². The van der Waals surface area contributed by atoms with Gasteiger partial charge in [-0.1, -0.05) is 0 Å². The topological polar surface area (TPSA) is 42.8 Å². The number of hydrogen-bond acceptors (Lipinski definition) is 4. The van der Waals surface area contributed by atoms with E-state index in [1.54, 1.807) is 18.5 Å². The van der Waals surface area contributed by atoms with E-state index in [1.165, 1.54) is 6.40 Å². The van der Waals surface area contributed by atoms with Crippen LogP contribution in [0.2, 0.25) is 0 Å². The largest absolute Gasteiger partial charge is 0.482 e. The van der Waals surface area contributed by atoms with Gasteiger partial charge in [-0.25, -0.2) is 5.48 Å². The summed E-state index contributed by atoms with van der Waals surface area (Å²) in [6.07, 6.45) is 8.42. The van der Waals surface area contributed by atoms with Gasteiger partial charge in [0.15, 0.2) is 6.40 Å². The minimum absolute atomic E-state index is 0.778. The van der Waals surface area contributed by atoms with Gasteiger partial charge < -0.3 is 9.57 Å². The maximum atomic E-state index is 4.65. The fourth-order valence-corrected chi connectivity index (χ4v) is 0.522. The van der Waals surface area contributed by atoms with Crippen molar-refractivity contribution in [3.05, 3.63) is 24.6 Å². The molecule has 0 spiro atoms. The van der Waals surface area contributed by atoms with Gasteiger partial charge in [0.05, 0.1) is 6.54 Å². The van der Waals surface area contributed by atoms with E-state index in [0.717, 1.165) is 13.2 Å². The first kappa shape index (κ1) is 7.65. The summed E-state index contributed by atoms with van der Waals surface area (Å²) >= 11 is 0. The summed E-state index contributed by atoms with van der Waals surface area (Å²) in [7, 11) is 0. The predicted octanol–water partition coefficient (Wildman–Crippen LogP) is 0.593. The van der Waals surface area contributed by atoms with Crippen LogP contribution < -0.4 is 5.48 Å². The molecule has 2 aliphatic heterocycles. The van der Waals surface area contributed by atoms with Gasteiger partial charge in [0.25, 0.3) is 0 Å². The average molecular weight is 154 g/mol. The lowest BCUT2D eigenvalue weighted by Crippen LogP contribution is -2.01. The van der Waals surface area contributed by atoms with E-state index in [2.05, 4.69) is 20.0 Å². The summed E-state index contributed by atoms with van der Waals surface area (Å²) < 4.78 is 4.65. The molecule has 0 aromatic rings. The molecule has 0 aliphatic carbocycles. The fourth-order valence-electron chi connectivity index (χ4n) is 0.522. The second kappa shape index (κ2) is 5.34. The van der Waals surface area contributed by atoms with Crippen LogP contribution in [0, 0.1) is 0 Å². The molecule has 0 saturated carbocycles. The van der Waals surface area contributed by atoms with Crippen LogP contribution in [-0.4, -0.2) is 19.6 Å². The predicted molar refractivity (Wildman–Crippen MR) is 41.8 cm³/mol. The summed E-state index contributed by atoms with van der Waals surface area (Å²) in [6.45, 7) is 1.62. The second-order valence-corrected chi connectivity index (χ2v) is 1.81. The van der Waals surface area contributed by atoms with Crippen LogP contribution in [-0.2, 0) is 9.57 Å². The van der Waals surface area contributed by atoms with Gasteiger partial charge in [0, 0.05) is 6.20 Å². The van der Waals surface area contributed by atoms with Crippen molar-refractivity contribution in [1.29, 1.82) is 0 Å². The number of hydroxylamine groups is 1. The number of aliphatic imine (C=N–C) groups is 1. The van der Waals surface area contributed by atoms with Crippen LogP contribution in [0.3, 0.4) is 0 Å². The summed E-state index contributed by atoms with van der Waals surface area (Å²) in [5, 5.41) is 0. The van der Waals surface area contributed by atoms with E-state index >= 15 is 0 Å². The molecule has 4 heteroatoms. The van der Waals surface area contributed by atoms with Crippen LogP contribution in [0.4, 0.5) is 0 Å². The van der Waals surface area contributed by atoms with E-state index in [1.807, 2.05) is 6.08 Å². The summed E-state index contributed by atoms with van der Waals surface area (Å²) in [4.78, 5) is 8.29. The lowest BCUT2D eigenvalue weighted by molar-refractivity contribution is 0.172. The van der Waals surface area contributed by atoms with Gasteiger partial charge in [0.2, 0.25) is 0 Å². The summed E-state index contributed by atoms with van der Waals surface area (Å²) in [5.41, 5.74) is 2.52. The van der Waals surface area contributed by atoms with Gasteiger partial charge >= 0.3 is 0 Å². The average Bonchev–Trinajstić information content (AvgIpc) is 2.64. The number of nitrogens with one attached hydrogen (secondary N) is 1. The van der Waals surface area contributed by atoms with Crippen molar-refractivity contribution in [2.24, 2.45) is 4.99 Å². The zero-order valence-electron chi connectivity index (χ0n) is 6.06. The van der Waals surface area contributed by atoms with Gasteiger partial charge in [-0.05, 0) is 12.2 Å². The molecule has 4 nitrogen and oxygen atoms in total. The molecule has 0 saturated heterocycles. The first-order valence-corrected chi connectivity index (χ1v) is 3.33. The molecule has 11 heavy (non-hydrogen) atoms. The highest BCUT2D eigenvalue weighted by atomic mass is 16.6. The third kappa shape index (κ3) is 4.02. The van der Waals surface area contributed by atoms with E-state index in [9.17, 15) is 0 Å². The monoisotopic (exact) mass is 154 g/mol. The van der Waals surface area contributed by atoms with Crippen molar-refractivity contribution >= 4 is 6.40 Å². The minimum atomic E-state index is 0.778. The van der Waals surface area contributed by atoms with Crippen molar-refractivity contribution in [2.45, 2.75) is 0 Å². The van der Waals surface area contributed by atoms with Crippen molar-refractivity contribution in [1.82, 2.24) is 5.48 Å². The Balaban J connectivity index is 0.000000112. The normalized spacial score (nSPS) is 17.5. The number of hydrogen-bond donors (Lipinski definition) is 1. The zero-order valence-corrected chi connectivity index (χ0v) is 6.06. The maximum absolute atomic E-state index is 4.65. The van der Waals surface area contributed by atoms with E-state index in [0.29, 0.717) is 0 Å². The van der Waals surface area contributed by atoms with Crippen LogP contribution >= 0.6 is 0 Å². The Morgan fingerprint density at radius 1 is 1.36 bits per heavy atom. The Labute approximate surface area is 65.2 Å². The SMILES string of the molecule is C1=CNOC=C1.C1=NCCO1. The number of rotatable bonds is 0. The molecular weight excluding hydrogens is 144 g/mol. The highest BCUT2D eigenvalue weighted by Crippen LogP contribution is 1.80. The van der Waals surface area contributed by atoms with Crippen LogP contribution in [0.25, 0.3) is 0 Å². The quantitative estimate of drug-likeness (QED) is 0.555. The molecule has 0 unspecified atom stereocenters. The molecule has 0 amide bonds. The Kier molecular flexibility index (Phi) is 3.72. The Morgan fingerprint density at radius 3 is 2.55 bits per heavy atom.